The molecule has 8 heteroatoms. The molecule has 0 atom stereocenters. The molecule has 1 aromatic heterocycles. The monoisotopic (exact) mass is 390 g/mol. The van der Waals surface area contributed by atoms with Gasteiger partial charge in [-0.25, -0.2) is 14.8 Å². The summed E-state index contributed by atoms with van der Waals surface area (Å²) in [6.07, 6.45) is 3.24. The van der Waals surface area contributed by atoms with Crippen LogP contribution in [0.2, 0.25) is 5.02 Å². The molecule has 0 aliphatic rings. The summed E-state index contributed by atoms with van der Waals surface area (Å²) in [5, 5.41) is 6.12. The number of nitrogens with zero attached hydrogens (tertiary/aromatic N) is 2. The number of esters is 1. The lowest BCUT2D eigenvalue weighted by atomic mass is 10.2. The summed E-state index contributed by atoms with van der Waals surface area (Å²) in [4.78, 5) is 32.8. The number of hydrogen-bond donors (Lipinski definition) is 2. The molecule has 2 N–H and O–H groups in total. The van der Waals surface area contributed by atoms with E-state index in [0.29, 0.717) is 22.4 Å². The Hall–Kier alpha value is -2.67. The minimum absolute atomic E-state index is 0.208. The third kappa shape index (κ3) is 5.92. The van der Waals surface area contributed by atoms with E-state index >= 15 is 0 Å². The van der Waals surface area contributed by atoms with Gasteiger partial charge in [0, 0.05) is 12.2 Å². The van der Waals surface area contributed by atoms with E-state index in [1.54, 1.807) is 13.0 Å². The van der Waals surface area contributed by atoms with Crippen LogP contribution in [0.4, 0.5) is 11.6 Å². The highest BCUT2D eigenvalue weighted by Gasteiger charge is 2.15. The molecule has 1 amide bonds. The maximum absolute atomic E-state index is 12.6. The van der Waals surface area contributed by atoms with Crippen LogP contribution in [-0.4, -0.2) is 35.5 Å². The van der Waals surface area contributed by atoms with Crippen molar-refractivity contribution in [3.8, 4) is 0 Å². The third-order valence-electron chi connectivity index (χ3n) is 3.79. The van der Waals surface area contributed by atoms with Crippen LogP contribution < -0.4 is 10.6 Å². The van der Waals surface area contributed by atoms with Crippen molar-refractivity contribution >= 4 is 35.1 Å². The minimum Gasteiger partial charge on any atom is -0.465 e. The number of halogens is 1. The van der Waals surface area contributed by atoms with Crippen LogP contribution in [-0.2, 0) is 4.74 Å². The third-order valence-corrected chi connectivity index (χ3v) is 4.12. The molecule has 144 valence electrons. The first-order valence-corrected chi connectivity index (χ1v) is 9.11. The number of nitrogens with one attached hydrogen (secondary N) is 2. The second-order valence-corrected chi connectivity index (χ2v) is 6.40. The number of benzene rings is 1. The average molecular weight is 391 g/mol. The van der Waals surface area contributed by atoms with E-state index in [2.05, 4.69) is 32.3 Å². The summed E-state index contributed by atoms with van der Waals surface area (Å²) in [7, 11) is 1.29. The van der Waals surface area contributed by atoms with Crippen LogP contribution in [0.3, 0.4) is 0 Å². The van der Waals surface area contributed by atoms with Gasteiger partial charge in [0.15, 0.2) is 0 Å². The van der Waals surface area contributed by atoms with Crippen molar-refractivity contribution in [1.29, 1.82) is 0 Å². The standard InChI is InChI=1S/C19H23ClN4O3/c1-4-5-6-9-21-19-22-12(2)10-16(24-19)17(25)23-15-11-13(18(26)27-3)7-8-14(15)20/h7-8,10-11H,4-6,9H2,1-3H3,(H,23,25)(H,21,22,24). The van der Waals surface area contributed by atoms with Gasteiger partial charge in [0.1, 0.15) is 5.69 Å². The highest BCUT2D eigenvalue weighted by molar-refractivity contribution is 6.34. The Morgan fingerprint density at radius 3 is 2.67 bits per heavy atom. The second kappa shape index (κ2) is 9.87. The Morgan fingerprint density at radius 2 is 1.96 bits per heavy atom. The van der Waals surface area contributed by atoms with Gasteiger partial charge >= 0.3 is 5.97 Å². The topological polar surface area (TPSA) is 93.2 Å². The smallest absolute Gasteiger partial charge is 0.337 e. The number of aromatic nitrogens is 2. The van der Waals surface area contributed by atoms with Crippen molar-refractivity contribution in [3.63, 3.8) is 0 Å². The minimum atomic E-state index is -0.515. The lowest BCUT2D eigenvalue weighted by Gasteiger charge is -2.10. The fourth-order valence-electron chi connectivity index (χ4n) is 2.39. The molecular weight excluding hydrogens is 368 g/mol. The molecule has 0 fully saturated rings. The molecular formula is C19H23ClN4O3. The molecule has 2 aromatic rings. The molecule has 0 aliphatic carbocycles. The molecule has 7 nitrogen and oxygen atoms in total. The van der Waals surface area contributed by atoms with Crippen molar-refractivity contribution in [2.75, 3.05) is 24.3 Å². The number of carbonyl (C=O) groups excluding carboxylic acids is 2. The molecule has 0 saturated heterocycles. The van der Waals surface area contributed by atoms with Crippen LogP contribution in [0.15, 0.2) is 24.3 Å². The number of methoxy groups -OCH3 is 1. The van der Waals surface area contributed by atoms with Crippen LogP contribution in [0.1, 0.15) is 52.7 Å². The van der Waals surface area contributed by atoms with Gasteiger partial charge in [0.05, 0.1) is 23.4 Å². The number of amides is 1. The summed E-state index contributed by atoms with van der Waals surface area (Å²) in [5.41, 5.74) is 1.47. The average Bonchev–Trinajstić information content (AvgIpc) is 2.66. The van der Waals surface area contributed by atoms with Crippen LogP contribution >= 0.6 is 11.6 Å². The fourth-order valence-corrected chi connectivity index (χ4v) is 2.56. The van der Waals surface area contributed by atoms with E-state index < -0.39 is 11.9 Å². The van der Waals surface area contributed by atoms with Gasteiger partial charge in [-0.05, 0) is 37.6 Å². The number of unbranched alkanes of at least 4 members (excludes halogenated alkanes) is 2. The first-order valence-electron chi connectivity index (χ1n) is 8.73. The van der Waals surface area contributed by atoms with Gasteiger partial charge in [0.25, 0.3) is 5.91 Å². The lowest BCUT2D eigenvalue weighted by molar-refractivity contribution is 0.0600. The molecule has 0 unspecified atom stereocenters. The van der Waals surface area contributed by atoms with Gasteiger partial charge in [-0.15, -0.1) is 0 Å². The first-order chi connectivity index (χ1) is 12.9. The highest BCUT2D eigenvalue weighted by atomic mass is 35.5. The summed E-state index contributed by atoms with van der Waals surface area (Å²) >= 11 is 6.12. The normalized spacial score (nSPS) is 10.4. The summed E-state index contributed by atoms with van der Waals surface area (Å²) in [6, 6.07) is 6.10. The van der Waals surface area contributed by atoms with Crippen LogP contribution in [0, 0.1) is 6.92 Å². The Balaban J connectivity index is 2.16. The van der Waals surface area contributed by atoms with Crippen molar-refractivity contribution < 1.29 is 14.3 Å². The first kappa shape index (κ1) is 20.6. The number of hydrogen-bond acceptors (Lipinski definition) is 6. The summed E-state index contributed by atoms with van der Waals surface area (Å²) in [6.45, 7) is 4.66. The molecule has 27 heavy (non-hydrogen) atoms. The maximum Gasteiger partial charge on any atom is 0.337 e. The zero-order chi connectivity index (χ0) is 19.8. The van der Waals surface area contributed by atoms with Crippen LogP contribution in [0.5, 0.6) is 0 Å². The number of rotatable bonds is 8. The van der Waals surface area contributed by atoms with E-state index in [-0.39, 0.29) is 11.3 Å². The van der Waals surface area contributed by atoms with Gasteiger partial charge in [0.2, 0.25) is 5.95 Å². The molecule has 0 bridgehead atoms. The Labute approximate surface area is 163 Å². The number of anilines is 2. The van der Waals surface area contributed by atoms with Crippen molar-refractivity contribution in [3.05, 3.63) is 46.2 Å². The molecule has 0 saturated carbocycles. The van der Waals surface area contributed by atoms with E-state index in [1.807, 2.05) is 0 Å². The van der Waals surface area contributed by atoms with E-state index in [9.17, 15) is 9.59 Å². The highest BCUT2D eigenvalue weighted by Crippen LogP contribution is 2.24. The van der Waals surface area contributed by atoms with Gasteiger partial charge in [-0.1, -0.05) is 31.4 Å². The number of carbonyl (C=O) groups is 2. The molecule has 1 heterocycles. The van der Waals surface area contributed by atoms with E-state index in [4.69, 9.17) is 11.6 Å². The predicted molar refractivity (Wildman–Crippen MR) is 106 cm³/mol. The van der Waals surface area contributed by atoms with Crippen molar-refractivity contribution in [2.24, 2.45) is 0 Å². The fraction of sp³-hybridized carbons (Fsp3) is 0.368. The maximum atomic E-state index is 12.6. The van der Waals surface area contributed by atoms with E-state index in [0.717, 1.165) is 25.8 Å². The largest absolute Gasteiger partial charge is 0.465 e. The van der Waals surface area contributed by atoms with Crippen LogP contribution in [0.25, 0.3) is 0 Å². The SMILES string of the molecule is CCCCCNc1nc(C)cc(C(=O)Nc2cc(C(=O)OC)ccc2Cl)n1. The summed E-state index contributed by atoms with van der Waals surface area (Å²) < 4.78 is 4.68. The molecule has 0 radical (unpaired) electrons. The second-order valence-electron chi connectivity index (χ2n) is 5.99. The quantitative estimate of drug-likeness (QED) is 0.521. The van der Waals surface area contributed by atoms with Gasteiger partial charge in [-0.3, -0.25) is 4.79 Å². The Bertz CT molecular complexity index is 827. The van der Waals surface area contributed by atoms with Crippen molar-refractivity contribution in [1.82, 2.24) is 9.97 Å². The summed E-state index contributed by atoms with van der Waals surface area (Å²) in [5.74, 6) is -0.551. The molecule has 0 aliphatic heterocycles. The zero-order valence-electron chi connectivity index (χ0n) is 15.6. The predicted octanol–water partition coefficient (Wildman–Crippen LogP) is 4.08. The lowest BCUT2D eigenvalue weighted by Crippen LogP contribution is -2.17. The van der Waals surface area contributed by atoms with E-state index in [1.165, 1.54) is 25.3 Å². The van der Waals surface area contributed by atoms with Gasteiger partial charge in [-0.2, -0.15) is 0 Å². The van der Waals surface area contributed by atoms with Crippen molar-refractivity contribution in [2.45, 2.75) is 33.1 Å². The number of ether oxygens (including phenoxy) is 1. The Kier molecular flexibility index (Phi) is 7.55. The molecule has 2 rings (SSSR count). The molecule has 1 aromatic carbocycles. The number of aryl methyl sites for hydroxylation is 1. The van der Waals surface area contributed by atoms with Gasteiger partial charge < -0.3 is 15.4 Å². The zero-order valence-corrected chi connectivity index (χ0v) is 16.4. The Morgan fingerprint density at radius 1 is 1.19 bits per heavy atom. The molecule has 0 spiro atoms.